The maximum absolute atomic E-state index is 6.08. The number of nitrogens with zero attached hydrogens (tertiary/aromatic N) is 1. The summed E-state index contributed by atoms with van der Waals surface area (Å²) in [5.74, 6) is 1.16. The van der Waals surface area contributed by atoms with E-state index >= 15 is 0 Å². The van der Waals surface area contributed by atoms with Crippen LogP contribution < -0.4 is 15.4 Å². The summed E-state index contributed by atoms with van der Waals surface area (Å²) in [5.41, 5.74) is 1.42. The molecule has 0 amide bonds. The predicted octanol–water partition coefficient (Wildman–Crippen LogP) is 3.93. The van der Waals surface area contributed by atoms with Crippen LogP contribution in [-0.4, -0.2) is 45.9 Å². The number of halogens is 3. The van der Waals surface area contributed by atoms with Crippen molar-refractivity contribution in [2.75, 3.05) is 40.0 Å². The molecule has 1 aromatic rings. The highest BCUT2D eigenvalue weighted by Crippen LogP contribution is 2.35. The van der Waals surface area contributed by atoms with E-state index < -0.39 is 0 Å². The maximum Gasteiger partial charge on any atom is 0.191 e. The van der Waals surface area contributed by atoms with Crippen molar-refractivity contribution in [1.82, 2.24) is 10.6 Å². The topological polar surface area (TPSA) is 54.9 Å². The highest BCUT2D eigenvalue weighted by molar-refractivity contribution is 6.40. The first-order valence-electron chi connectivity index (χ1n) is 8.07. The molecule has 0 radical (unpaired) electrons. The van der Waals surface area contributed by atoms with Crippen LogP contribution in [0.15, 0.2) is 28.8 Å². The SMILES string of the molecule is CN=C(NCCOc1c(Cl)cc(Cl)cc1Cl)NCCC1=CCOCC1. The van der Waals surface area contributed by atoms with Crippen LogP contribution in [-0.2, 0) is 4.74 Å². The number of hydrogen-bond donors (Lipinski definition) is 2. The van der Waals surface area contributed by atoms with Gasteiger partial charge in [0.1, 0.15) is 6.61 Å². The number of rotatable bonds is 7. The molecule has 0 spiro atoms. The normalized spacial score (nSPS) is 14.9. The average molecular weight is 407 g/mol. The number of hydrogen-bond acceptors (Lipinski definition) is 3. The van der Waals surface area contributed by atoms with Gasteiger partial charge >= 0.3 is 0 Å². The molecule has 0 saturated carbocycles. The first-order valence-corrected chi connectivity index (χ1v) is 9.21. The van der Waals surface area contributed by atoms with Crippen molar-refractivity contribution in [1.29, 1.82) is 0 Å². The monoisotopic (exact) mass is 405 g/mol. The van der Waals surface area contributed by atoms with Gasteiger partial charge in [0.05, 0.1) is 29.8 Å². The maximum atomic E-state index is 6.08. The largest absolute Gasteiger partial charge is 0.489 e. The van der Waals surface area contributed by atoms with Gasteiger partial charge < -0.3 is 20.1 Å². The minimum atomic E-state index is 0.393. The molecule has 0 bridgehead atoms. The van der Waals surface area contributed by atoms with E-state index in [1.54, 1.807) is 19.2 Å². The van der Waals surface area contributed by atoms with Gasteiger partial charge in [-0.2, -0.15) is 0 Å². The van der Waals surface area contributed by atoms with Gasteiger partial charge in [-0.15, -0.1) is 0 Å². The summed E-state index contributed by atoms with van der Waals surface area (Å²) in [7, 11) is 1.73. The quantitative estimate of drug-likeness (QED) is 0.312. The second-order valence-electron chi connectivity index (χ2n) is 5.41. The van der Waals surface area contributed by atoms with E-state index in [9.17, 15) is 0 Å². The lowest BCUT2D eigenvalue weighted by Crippen LogP contribution is -2.39. The molecule has 0 unspecified atom stereocenters. The van der Waals surface area contributed by atoms with Crippen molar-refractivity contribution in [3.8, 4) is 5.75 Å². The van der Waals surface area contributed by atoms with E-state index in [0.29, 0.717) is 34.0 Å². The summed E-state index contributed by atoms with van der Waals surface area (Å²) in [6, 6.07) is 3.20. The van der Waals surface area contributed by atoms with Crippen LogP contribution >= 0.6 is 34.8 Å². The van der Waals surface area contributed by atoms with Crippen LogP contribution in [0.1, 0.15) is 12.8 Å². The summed E-state index contributed by atoms with van der Waals surface area (Å²) >= 11 is 18.0. The van der Waals surface area contributed by atoms with Crippen molar-refractivity contribution in [2.45, 2.75) is 12.8 Å². The first-order chi connectivity index (χ1) is 12.1. The third kappa shape index (κ3) is 6.94. The fourth-order valence-electron chi connectivity index (χ4n) is 2.34. The molecule has 0 saturated heterocycles. The molecule has 0 fully saturated rings. The lowest BCUT2D eigenvalue weighted by atomic mass is 10.1. The van der Waals surface area contributed by atoms with Crippen molar-refractivity contribution in [2.24, 2.45) is 4.99 Å². The second kappa shape index (κ2) is 10.8. The molecule has 1 aliphatic heterocycles. The molecule has 138 valence electrons. The Labute approximate surface area is 163 Å². The van der Waals surface area contributed by atoms with Crippen molar-refractivity contribution in [3.63, 3.8) is 0 Å². The Morgan fingerprint density at radius 1 is 1.20 bits per heavy atom. The van der Waals surface area contributed by atoms with Gasteiger partial charge in [-0.1, -0.05) is 46.5 Å². The Hall–Kier alpha value is -1.14. The van der Waals surface area contributed by atoms with Crippen LogP contribution in [0.25, 0.3) is 0 Å². The summed E-state index contributed by atoms with van der Waals surface area (Å²) in [5, 5.41) is 7.73. The van der Waals surface area contributed by atoms with Crippen LogP contribution in [0.5, 0.6) is 5.75 Å². The molecule has 0 aromatic heterocycles. The zero-order chi connectivity index (χ0) is 18.1. The number of nitrogens with one attached hydrogen (secondary N) is 2. The zero-order valence-electron chi connectivity index (χ0n) is 14.1. The lowest BCUT2D eigenvalue weighted by Gasteiger charge is -2.16. The van der Waals surface area contributed by atoms with Crippen LogP contribution in [0, 0.1) is 0 Å². The number of aliphatic imine (C=N–C) groups is 1. The van der Waals surface area contributed by atoms with Crippen LogP contribution in [0.2, 0.25) is 15.1 Å². The molecule has 8 heteroatoms. The number of benzene rings is 1. The van der Waals surface area contributed by atoms with Gasteiger partial charge in [0.15, 0.2) is 11.7 Å². The van der Waals surface area contributed by atoms with Gasteiger partial charge in [0.2, 0.25) is 0 Å². The number of ether oxygens (including phenoxy) is 2. The van der Waals surface area contributed by atoms with E-state index in [1.807, 2.05) is 0 Å². The molecular weight excluding hydrogens is 385 g/mol. The van der Waals surface area contributed by atoms with Crippen molar-refractivity contribution < 1.29 is 9.47 Å². The fourth-order valence-corrected chi connectivity index (χ4v) is 3.27. The number of guanidine groups is 1. The van der Waals surface area contributed by atoms with E-state index in [-0.39, 0.29) is 0 Å². The molecular formula is C17H22Cl3N3O2. The standard InChI is InChI=1S/C17H22Cl3N3O2/c1-21-17(22-5-2-12-3-7-24-8-4-12)23-6-9-25-16-14(19)10-13(18)11-15(16)20/h3,10-11H,2,4-9H2,1H3,(H2,21,22,23). The zero-order valence-corrected chi connectivity index (χ0v) is 16.3. The molecule has 5 nitrogen and oxygen atoms in total. The molecule has 2 N–H and O–H groups in total. The highest BCUT2D eigenvalue weighted by atomic mass is 35.5. The molecule has 2 rings (SSSR count). The van der Waals surface area contributed by atoms with Gasteiger partial charge in [-0.25, -0.2) is 0 Å². The Morgan fingerprint density at radius 3 is 2.56 bits per heavy atom. The third-order valence-corrected chi connectivity index (χ3v) is 4.40. The van der Waals surface area contributed by atoms with Gasteiger partial charge in [0.25, 0.3) is 0 Å². The van der Waals surface area contributed by atoms with Gasteiger partial charge in [-0.3, -0.25) is 4.99 Å². The summed E-state index contributed by atoms with van der Waals surface area (Å²) in [6.45, 7) is 3.30. The molecule has 0 aliphatic carbocycles. The Balaban J connectivity index is 1.68. The Morgan fingerprint density at radius 2 is 1.92 bits per heavy atom. The fraction of sp³-hybridized carbons (Fsp3) is 0.471. The molecule has 1 heterocycles. The molecule has 1 aliphatic rings. The molecule has 1 aromatic carbocycles. The van der Waals surface area contributed by atoms with E-state index in [4.69, 9.17) is 44.3 Å². The second-order valence-corrected chi connectivity index (χ2v) is 6.66. The molecule has 25 heavy (non-hydrogen) atoms. The first kappa shape index (κ1) is 20.2. The van der Waals surface area contributed by atoms with Gasteiger partial charge in [0, 0.05) is 18.6 Å². The molecule has 0 atom stereocenters. The minimum absolute atomic E-state index is 0.393. The highest BCUT2D eigenvalue weighted by Gasteiger charge is 2.09. The summed E-state index contributed by atoms with van der Waals surface area (Å²) < 4.78 is 10.9. The van der Waals surface area contributed by atoms with Crippen molar-refractivity contribution in [3.05, 3.63) is 38.8 Å². The lowest BCUT2D eigenvalue weighted by molar-refractivity contribution is 0.153. The summed E-state index contributed by atoms with van der Waals surface area (Å²) in [4.78, 5) is 4.19. The average Bonchev–Trinajstić information content (AvgIpc) is 2.59. The van der Waals surface area contributed by atoms with Crippen LogP contribution in [0.4, 0.5) is 0 Å². The summed E-state index contributed by atoms with van der Waals surface area (Å²) in [6.07, 6.45) is 4.13. The Bertz CT molecular complexity index is 613. The van der Waals surface area contributed by atoms with Gasteiger partial charge in [-0.05, 0) is 25.0 Å². The van der Waals surface area contributed by atoms with E-state index in [0.717, 1.165) is 38.6 Å². The predicted molar refractivity (Wildman–Crippen MR) is 104 cm³/mol. The van der Waals surface area contributed by atoms with E-state index in [1.165, 1.54) is 5.57 Å². The minimum Gasteiger partial charge on any atom is -0.489 e. The Kier molecular flexibility index (Phi) is 8.68. The third-order valence-electron chi connectivity index (χ3n) is 3.62. The van der Waals surface area contributed by atoms with Crippen molar-refractivity contribution >= 4 is 40.8 Å². The van der Waals surface area contributed by atoms with Crippen LogP contribution in [0.3, 0.4) is 0 Å². The van der Waals surface area contributed by atoms with E-state index in [2.05, 4.69) is 21.7 Å². The smallest absolute Gasteiger partial charge is 0.191 e.